The number of imide groups is 1. The van der Waals surface area contributed by atoms with Crippen LogP contribution in [-0.4, -0.2) is 44.6 Å². The zero-order chi connectivity index (χ0) is 19.1. The molecule has 2 amide bonds. The molecule has 1 aromatic rings. The number of nitrogens with zero attached hydrogens (tertiary/aromatic N) is 1. The molecule has 0 radical (unpaired) electrons. The van der Waals surface area contributed by atoms with Crippen molar-refractivity contribution < 1.29 is 23.8 Å². The molecular formula is C20H25NO5. The quantitative estimate of drug-likeness (QED) is 0.700. The third-order valence-electron chi connectivity index (χ3n) is 4.15. The molecule has 1 heterocycles. The molecule has 0 N–H and O–H groups in total. The van der Waals surface area contributed by atoms with Gasteiger partial charge in [-0.2, -0.15) is 0 Å². The summed E-state index contributed by atoms with van der Waals surface area (Å²) in [6.07, 6.45) is 7.23. The lowest BCUT2D eigenvalue weighted by Crippen LogP contribution is -2.39. The fourth-order valence-corrected chi connectivity index (χ4v) is 2.87. The van der Waals surface area contributed by atoms with Crippen molar-refractivity contribution >= 4 is 17.9 Å². The van der Waals surface area contributed by atoms with Gasteiger partial charge in [0.05, 0.1) is 21.3 Å². The highest BCUT2D eigenvalue weighted by atomic mass is 16.5. The summed E-state index contributed by atoms with van der Waals surface area (Å²) in [5.41, 5.74) is 1.43. The van der Waals surface area contributed by atoms with Crippen molar-refractivity contribution in [1.29, 1.82) is 0 Å². The van der Waals surface area contributed by atoms with Crippen LogP contribution in [0, 0.1) is 0 Å². The Balaban J connectivity index is 2.20. The van der Waals surface area contributed by atoms with Gasteiger partial charge >= 0.3 is 0 Å². The second-order valence-electron chi connectivity index (χ2n) is 5.86. The maximum atomic E-state index is 12.5. The van der Waals surface area contributed by atoms with E-state index in [1.807, 2.05) is 13.0 Å². The van der Waals surface area contributed by atoms with E-state index in [1.165, 1.54) is 32.3 Å². The second-order valence-corrected chi connectivity index (χ2v) is 5.86. The molecule has 2 rings (SSSR count). The zero-order valence-corrected chi connectivity index (χ0v) is 15.7. The van der Waals surface area contributed by atoms with Crippen LogP contribution in [0.5, 0.6) is 17.2 Å². The Morgan fingerprint density at radius 1 is 1.15 bits per heavy atom. The number of ether oxygens (including phenoxy) is 3. The molecule has 0 saturated heterocycles. The summed E-state index contributed by atoms with van der Waals surface area (Å²) in [5.74, 6) is 0.962. The Morgan fingerprint density at radius 2 is 1.81 bits per heavy atom. The van der Waals surface area contributed by atoms with E-state index >= 15 is 0 Å². The third kappa shape index (κ3) is 4.25. The molecule has 6 heteroatoms. The molecule has 0 aromatic heterocycles. The number of carbonyl (C=O) groups is 2. The molecule has 6 nitrogen and oxygen atoms in total. The molecule has 0 unspecified atom stereocenters. The molecular weight excluding hydrogens is 334 g/mol. The van der Waals surface area contributed by atoms with Gasteiger partial charge in [0.2, 0.25) is 5.75 Å². The SMILES string of the molecule is CCCC1=CCCN(C(=O)C=Cc2cc(OC)c(OC)c(OC)c2)C1=O. The fourth-order valence-electron chi connectivity index (χ4n) is 2.87. The van der Waals surface area contributed by atoms with E-state index in [0.717, 1.165) is 6.42 Å². The lowest BCUT2D eigenvalue weighted by Gasteiger charge is -2.24. The van der Waals surface area contributed by atoms with Gasteiger partial charge in [0.1, 0.15) is 0 Å². The highest BCUT2D eigenvalue weighted by Crippen LogP contribution is 2.38. The molecule has 1 aromatic carbocycles. The van der Waals surface area contributed by atoms with Crippen molar-refractivity contribution in [2.24, 2.45) is 0 Å². The number of amides is 2. The molecule has 0 saturated carbocycles. The number of carbonyl (C=O) groups excluding carboxylic acids is 2. The van der Waals surface area contributed by atoms with Crippen molar-refractivity contribution in [3.8, 4) is 17.2 Å². The Kier molecular flexibility index (Phi) is 6.83. The summed E-state index contributed by atoms with van der Waals surface area (Å²) in [4.78, 5) is 26.2. The highest BCUT2D eigenvalue weighted by Gasteiger charge is 2.25. The number of benzene rings is 1. The molecule has 0 aliphatic carbocycles. The summed E-state index contributed by atoms with van der Waals surface area (Å²) in [6.45, 7) is 2.42. The Labute approximate surface area is 154 Å². The summed E-state index contributed by atoms with van der Waals surface area (Å²) in [5, 5.41) is 0. The lowest BCUT2D eigenvalue weighted by atomic mass is 10.0. The van der Waals surface area contributed by atoms with Crippen LogP contribution < -0.4 is 14.2 Å². The standard InChI is InChI=1S/C20H25NO5/c1-5-7-15-8-6-11-21(20(15)23)18(22)10-9-14-12-16(24-2)19(26-4)17(13-14)25-3/h8-10,12-13H,5-7,11H2,1-4H3. The smallest absolute Gasteiger partial charge is 0.256 e. The maximum absolute atomic E-state index is 12.5. The molecule has 0 spiro atoms. The van der Waals surface area contributed by atoms with Gasteiger partial charge in [-0.3, -0.25) is 14.5 Å². The Bertz CT molecular complexity index is 711. The predicted molar refractivity (Wildman–Crippen MR) is 99.5 cm³/mol. The van der Waals surface area contributed by atoms with Crippen molar-refractivity contribution in [3.63, 3.8) is 0 Å². The average Bonchev–Trinajstić information content (AvgIpc) is 2.66. The number of rotatable bonds is 7. The predicted octanol–water partition coefficient (Wildman–Crippen LogP) is 3.21. The van der Waals surface area contributed by atoms with Crippen LogP contribution in [0.1, 0.15) is 31.7 Å². The molecule has 26 heavy (non-hydrogen) atoms. The topological polar surface area (TPSA) is 65.1 Å². The Morgan fingerprint density at radius 3 is 2.35 bits per heavy atom. The van der Waals surface area contributed by atoms with E-state index in [2.05, 4.69) is 0 Å². The molecule has 1 aliphatic heterocycles. The minimum absolute atomic E-state index is 0.197. The van der Waals surface area contributed by atoms with Gasteiger partial charge in [0, 0.05) is 18.2 Å². The van der Waals surface area contributed by atoms with Crippen molar-refractivity contribution in [2.45, 2.75) is 26.2 Å². The van der Waals surface area contributed by atoms with E-state index < -0.39 is 0 Å². The van der Waals surface area contributed by atoms with Crippen LogP contribution >= 0.6 is 0 Å². The van der Waals surface area contributed by atoms with Crippen LogP contribution in [0.15, 0.2) is 29.9 Å². The van der Waals surface area contributed by atoms with Crippen molar-refractivity contribution in [2.75, 3.05) is 27.9 Å². The van der Waals surface area contributed by atoms with Gasteiger partial charge < -0.3 is 14.2 Å². The van der Waals surface area contributed by atoms with Gasteiger partial charge in [0.15, 0.2) is 11.5 Å². The molecule has 0 atom stereocenters. The Hall–Kier alpha value is -2.76. The molecule has 140 valence electrons. The summed E-state index contributed by atoms with van der Waals surface area (Å²) < 4.78 is 15.9. The monoisotopic (exact) mass is 359 g/mol. The van der Waals surface area contributed by atoms with Gasteiger partial charge in [-0.15, -0.1) is 0 Å². The van der Waals surface area contributed by atoms with Crippen LogP contribution in [-0.2, 0) is 9.59 Å². The average molecular weight is 359 g/mol. The maximum Gasteiger partial charge on any atom is 0.256 e. The first-order valence-corrected chi connectivity index (χ1v) is 8.58. The zero-order valence-electron chi connectivity index (χ0n) is 15.7. The minimum Gasteiger partial charge on any atom is -0.493 e. The molecule has 0 bridgehead atoms. The summed E-state index contributed by atoms with van der Waals surface area (Å²) in [7, 11) is 4.59. The highest BCUT2D eigenvalue weighted by molar-refractivity contribution is 6.09. The van der Waals surface area contributed by atoms with Crippen LogP contribution in [0.2, 0.25) is 0 Å². The van der Waals surface area contributed by atoms with Crippen molar-refractivity contribution in [1.82, 2.24) is 4.90 Å². The van der Waals surface area contributed by atoms with E-state index in [9.17, 15) is 9.59 Å². The van der Waals surface area contributed by atoms with E-state index in [1.54, 1.807) is 18.2 Å². The summed E-state index contributed by atoms with van der Waals surface area (Å²) >= 11 is 0. The number of hydrogen-bond donors (Lipinski definition) is 0. The van der Waals surface area contributed by atoms with Gasteiger partial charge in [0.25, 0.3) is 11.8 Å². The van der Waals surface area contributed by atoms with Gasteiger partial charge in [-0.05, 0) is 36.6 Å². The van der Waals surface area contributed by atoms with Crippen LogP contribution in [0.3, 0.4) is 0 Å². The number of methoxy groups -OCH3 is 3. The fraction of sp³-hybridized carbons (Fsp3) is 0.400. The second kappa shape index (κ2) is 9.08. The largest absolute Gasteiger partial charge is 0.493 e. The molecule has 0 fully saturated rings. The van der Waals surface area contributed by atoms with E-state index in [0.29, 0.717) is 47.8 Å². The first-order valence-electron chi connectivity index (χ1n) is 8.58. The third-order valence-corrected chi connectivity index (χ3v) is 4.15. The molecule has 1 aliphatic rings. The first-order chi connectivity index (χ1) is 12.5. The van der Waals surface area contributed by atoms with Gasteiger partial charge in [-0.25, -0.2) is 0 Å². The van der Waals surface area contributed by atoms with Crippen LogP contribution in [0.4, 0.5) is 0 Å². The van der Waals surface area contributed by atoms with Crippen molar-refractivity contribution in [3.05, 3.63) is 35.4 Å². The summed E-state index contributed by atoms with van der Waals surface area (Å²) in [6, 6.07) is 3.48. The van der Waals surface area contributed by atoms with E-state index in [-0.39, 0.29) is 11.8 Å². The lowest BCUT2D eigenvalue weighted by molar-refractivity contribution is -0.139. The van der Waals surface area contributed by atoms with Crippen LogP contribution in [0.25, 0.3) is 6.08 Å². The number of hydrogen-bond acceptors (Lipinski definition) is 5. The van der Waals surface area contributed by atoms with E-state index in [4.69, 9.17) is 14.2 Å². The van der Waals surface area contributed by atoms with Gasteiger partial charge in [-0.1, -0.05) is 19.4 Å². The minimum atomic E-state index is -0.328. The normalized spacial score (nSPS) is 14.4. The first kappa shape index (κ1) is 19.6.